The fraction of sp³-hybridized carbons (Fsp3) is 0.500. The second-order valence-electron chi connectivity index (χ2n) is 6.32. The number of piperazine rings is 1. The Morgan fingerprint density at radius 2 is 1.77 bits per heavy atom. The number of aromatic amines is 1. The van der Waals surface area contributed by atoms with Crippen molar-refractivity contribution in [3.05, 3.63) is 40.0 Å². The Labute approximate surface area is 147 Å². The van der Waals surface area contributed by atoms with Gasteiger partial charge in [0.1, 0.15) is 12.0 Å². The lowest BCUT2D eigenvalue weighted by Crippen LogP contribution is -2.48. The first-order valence-corrected chi connectivity index (χ1v) is 8.26. The molecule has 0 bridgehead atoms. The van der Waals surface area contributed by atoms with Crippen LogP contribution in [0.15, 0.2) is 17.2 Å². The van der Waals surface area contributed by atoms with Gasteiger partial charge in [0, 0.05) is 32.2 Å². The predicted molar refractivity (Wildman–Crippen MR) is 90.3 cm³/mol. The molecule has 1 saturated heterocycles. The monoisotopic (exact) mass is 368 g/mol. The zero-order valence-electron chi connectivity index (χ0n) is 14.4. The van der Waals surface area contributed by atoms with Crippen LogP contribution in [0.4, 0.5) is 24.9 Å². The van der Waals surface area contributed by atoms with Gasteiger partial charge < -0.3 is 9.80 Å². The molecule has 0 spiro atoms. The minimum absolute atomic E-state index is 0.0654. The maximum Gasteiger partial charge on any atom is 0.280 e. The molecule has 1 aliphatic rings. The summed E-state index contributed by atoms with van der Waals surface area (Å²) >= 11 is 0. The average Bonchev–Trinajstić information content (AvgIpc) is 2.61. The highest BCUT2D eigenvalue weighted by atomic mass is 19.3. The smallest absolute Gasteiger partial charge is 0.280 e. The van der Waals surface area contributed by atoms with Gasteiger partial charge in [-0.05, 0) is 5.92 Å². The van der Waals surface area contributed by atoms with Crippen LogP contribution in [0.1, 0.15) is 37.6 Å². The van der Waals surface area contributed by atoms with Gasteiger partial charge >= 0.3 is 0 Å². The van der Waals surface area contributed by atoms with Crippen molar-refractivity contribution in [2.24, 2.45) is 0 Å². The van der Waals surface area contributed by atoms with Gasteiger partial charge in [-0.25, -0.2) is 28.1 Å². The lowest BCUT2D eigenvalue weighted by molar-refractivity contribution is 0.146. The molecule has 2 aromatic rings. The van der Waals surface area contributed by atoms with E-state index in [0.717, 1.165) is 6.07 Å². The zero-order valence-corrected chi connectivity index (χ0v) is 14.4. The third kappa shape index (κ3) is 3.63. The first-order valence-electron chi connectivity index (χ1n) is 8.26. The highest BCUT2D eigenvalue weighted by Gasteiger charge is 2.25. The van der Waals surface area contributed by atoms with Crippen LogP contribution in [0.3, 0.4) is 0 Å². The van der Waals surface area contributed by atoms with Gasteiger partial charge in [0.2, 0.25) is 5.95 Å². The van der Waals surface area contributed by atoms with Gasteiger partial charge in [-0.2, -0.15) is 0 Å². The van der Waals surface area contributed by atoms with E-state index in [4.69, 9.17) is 0 Å². The summed E-state index contributed by atoms with van der Waals surface area (Å²) < 4.78 is 40.3. The molecule has 10 heteroatoms. The number of hydrogen-bond donors (Lipinski definition) is 1. The summed E-state index contributed by atoms with van der Waals surface area (Å²) in [4.78, 5) is 29.3. The second kappa shape index (κ2) is 7.30. The Balaban J connectivity index is 1.76. The minimum atomic E-state index is -2.82. The Kier molecular flexibility index (Phi) is 5.10. The van der Waals surface area contributed by atoms with E-state index in [1.54, 1.807) is 9.80 Å². The number of H-pyrrole nitrogens is 1. The number of halogens is 3. The van der Waals surface area contributed by atoms with Crippen molar-refractivity contribution in [1.29, 1.82) is 0 Å². The largest absolute Gasteiger partial charge is 0.351 e. The van der Waals surface area contributed by atoms with E-state index >= 15 is 0 Å². The Morgan fingerprint density at radius 1 is 1.12 bits per heavy atom. The molecule has 0 aliphatic carbocycles. The molecule has 2 aromatic heterocycles. The fourth-order valence-corrected chi connectivity index (χ4v) is 2.85. The van der Waals surface area contributed by atoms with Crippen molar-refractivity contribution in [3.63, 3.8) is 0 Å². The highest BCUT2D eigenvalue weighted by Crippen LogP contribution is 2.24. The summed E-state index contributed by atoms with van der Waals surface area (Å²) in [5, 5.41) is 0. The lowest BCUT2D eigenvalue weighted by atomic mass is 10.1. The summed E-state index contributed by atoms with van der Waals surface area (Å²) in [6.45, 7) is 5.30. The van der Waals surface area contributed by atoms with Gasteiger partial charge in [0.05, 0.1) is 5.69 Å². The van der Waals surface area contributed by atoms with Crippen LogP contribution in [0.2, 0.25) is 0 Å². The Morgan fingerprint density at radius 3 is 2.38 bits per heavy atom. The molecule has 0 aromatic carbocycles. The molecule has 0 amide bonds. The van der Waals surface area contributed by atoms with Crippen LogP contribution in [0.5, 0.6) is 0 Å². The van der Waals surface area contributed by atoms with Crippen LogP contribution in [0, 0.1) is 5.82 Å². The van der Waals surface area contributed by atoms with Crippen molar-refractivity contribution < 1.29 is 13.2 Å². The molecule has 0 unspecified atom stereocenters. The van der Waals surface area contributed by atoms with Crippen LogP contribution in [-0.4, -0.2) is 46.1 Å². The molecule has 26 heavy (non-hydrogen) atoms. The second-order valence-corrected chi connectivity index (χ2v) is 6.32. The summed E-state index contributed by atoms with van der Waals surface area (Å²) in [5.41, 5.74) is -0.834. The lowest BCUT2D eigenvalue weighted by Gasteiger charge is -2.35. The van der Waals surface area contributed by atoms with Gasteiger partial charge in [0.25, 0.3) is 12.0 Å². The molecule has 0 radical (unpaired) electrons. The number of nitrogens with zero attached hydrogens (tertiary/aromatic N) is 5. The van der Waals surface area contributed by atoms with E-state index in [2.05, 4.69) is 19.9 Å². The van der Waals surface area contributed by atoms with E-state index in [9.17, 15) is 18.0 Å². The van der Waals surface area contributed by atoms with E-state index in [-0.39, 0.29) is 17.7 Å². The molecular weight excluding hydrogens is 349 g/mol. The fourth-order valence-electron chi connectivity index (χ4n) is 2.85. The highest BCUT2D eigenvalue weighted by molar-refractivity contribution is 5.44. The summed E-state index contributed by atoms with van der Waals surface area (Å²) in [6.07, 6.45) is -1.48. The van der Waals surface area contributed by atoms with Crippen molar-refractivity contribution in [2.75, 3.05) is 36.0 Å². The molecule has 1 aliphatic heterocycles. The van der Waals surface area contributed by atoms with E-state index in [1.807, 2.05) is 13.8 Å². The van der Waals surface area contributed by atoms with Crippen molar-refractivity contribution in [1.82, 2.24) is 19.9 Å². The van der Waals surface area contributed by atoms with Gasteiger partial charge in [-0.3, -0.25) is 9.78 Å². The SMILES string of the molecule is CC(C)c1ncnc(N2CCN(c3nc(C(F)F)cc(=O)[nH]3)CC2)c1F. The first-order chi connectivity index (χ1) is 12.4. The third-order valence-electron chi connectivity index (χ3n) is 4.20. The van der Waals surface area contributed by atoms with Crippen molar-refractivity contribution in [2.45, 2.75) is 26.2 Å². The number of rotatable bonds is 4. The number of alkyl halides is 2. The molecule has 140 valence electrons. The molecule has 1 fully saturated rings. The minimum Gasteiger partial charge on any atom is -0.351 e. The van der Waals surface area contributed by atoms with Crippen molar-refractivity contribution >= 4 is 11.8 Å². The van der Waals surface area contributed by atoms with Gasteiger partial charge in [-0.15, -0.1) is 0 Å². The topological polar surface area (TPSA) is 78.0 Å². The molecule has 7 nitrogen and oxygen atoms in total. The molecule has 0 saturated carbocycles. The van der Waals surface area contributed by atoms with Crippen LogP contribution < -0.4 is 15.4 Å². The molecule has 3 rings (SSSR count). The Bertz CT molecular complexity index is 833. The summed E-state index contributed by atoms with van der Waals surface area (Å²) in [5.74, 6) is -0.184. The number of nitrogens with one attached hydrogen (secondary N) is 1. The maximum atomic E-state index is 14.6. The van der Waals surface area contributed by atoms with Gasteiger partial charge in [-0.1, -0.05) is 13.8 Å². The molecule has 1 N–H and O–H groups in total. The molecule has 3 heterocycles. The summed E-state index contributed by atoms with van der Waals surface area (Å²) in [6, 6.07) is 0.786. The summed E-state index contributed by atoms with van der Waals surface area (Å²) in [7, 11) is 0. The van der Waals surface area contributed by atoms with Crippen LogP contribution >= 0.6 is 0 Å². The van der Waals surface area contributed by atoms with Crippen LogP contribution in [0.25, 0.3) is 0 Å². The number of hydrogen-bond acceptors (Lipinski definition) is 6. The van der Waals surface area contributed by atoms with E-state index < -0.39 is 23.5 Å². The number of anilines is 2. The number of aromatic nitrogens is 4. The first kappa shape index (κ1) is 18.2. The maximum absolute atomic E-state index is 14.6. The normalized spacial score (nSPS) is 15.2. The standard InChI is InChI=1S/C16H19F3N6O/c1-9(2)13-12(17)15(21-8-20-13)24-3-5-25(6-4-24)16-22-10(14(18)19)7-11(26)23-16/h7-9,14H,3-6H2,1-2H3,(H,22,23,26). The average molecular weight is 368 g/mol. The Hall–Kier alpha value is -2.65. The van der Waals surface area contributed by atoms with Gasteiger partial charge in [0.15, 0.2) is 11.6 Å². The third-order valence-corrected chi connectivity index (χ3v) is 4.20. The molecule has 0 atom stereocenters. The van der Waals surface area contributed by atoms with Crippen LogP contribution in [-0.2, 0) is 0 Å². The predicted octanol–water partition coefficient (Wildman–Crippen LogP) is 2.09. The quantitative estimate of drug-likeness (QED) is 0.890. The molecular formula is C16H19F3N6O. The zero-order chi connectivity index (χ0) is 18.8. The van der Waals surface area contributed by atoms with Crippen molar-refractivity contribution in [3.8, 4) is 0 Å². The van der Waals surface area contributed by atoms with E-state index in [1.165, 1.54) is 6.33 Å². The van der Waals surface area contributed by atoms with E-state index in [0.29, 0.717) is 31.9 Å².